The quantitative estimate of drug-likeness (QED) is 0.884. The zero-order valence-corrected chi connectivity index (χ0v) is 10.3. The first-order valence-electron chi connectivity index (χ1n) is 5.44. The topological polar surface area (TPSA) is 35.2 Å². The Balaban J connectivity index is 2.14. The van der Waals surface area contributed by atoms with Crippen LogP contribution >= 0.6 is 11.6 Å². The van der Waals surface area contributed by atoms with Crippen LogP contribution in [0.2, 0.25) is 5.02 Å². The summed E-state index contributed by atoms with van der Waals surface area (Å²) in [5.74, 6) is 1.50. The zero-order chi connectivity index (χ0) is 12.3. The van der Waals surface area contributed by atoms with E-state index in [2.05, 4.69) is 0 Å². The van der Waals surface area contributed by atoms with Crippen molar-refractivity contribution in [2.45, 2.75) is 13.0 Å². The van der Waals surface area contributed by atoms with Crippen LogP contribution in [0.3, 0.4) is 0 Å². The van der Waals surface area contributed by atoms with Crippen molar-refractivity contribution in [3.05, 3.63) is 59.1 Å². The van der Waals surface area contributed by atoms with Crippen molar-refractivity contribution in [1.29, 1.82) is 0 Å². The summed E-state index contributed by atoms with van der Waals surface area (Å²) in [5, 5.41) is 0.662. The Kier molecular flexibility index (Phi) is 3.67. The van der Waals surface area contributed by atoms with Gasteiger partial charge in [-0.3, -0.25) is 0 Å². The maximum absolute atomic E-state index is 5.88. The minimum absolute atomic E-state index is 0.0372. The summed E-state index contributed by atoms with van der Waals surface area (Å²) >= 11 is 5.88. The van der Waals surface area contributed by atoms with Gasteiger partial charge in [0.05, 0.1) is 0 Å². The Bertz CT molecular complexity index is 494. The first kappa shape index (κ1) is 12.0. The molecule has 0 aliphatic rings. The van der Waals surface area contributed by atoms with Crippen LogP contribution in [0.5, 0.6) is 11.5 Å². The van der Waals surface area contributed by atoms with Gasteiger partial charge in [-0.1, -0.05) is 29.8 Å². The number of benzene rings is 2. The van der Waals surface area contributed by atoms with Crippen LogP contribution in [0, 0.1) is 0 Å². The third kappa shape index (κ3) is 3.22. The van der Waals surface area contributed by atoms with Gasteiger partial charge in [-0.15, -0.1) is 0 Å². The summed E-state index contributed by atoms with van der Waals surface area (Å²) in [5.41, 5.74) is 6.86. The summed E-state index contributed by atoms with van der Waals surface area (Å²) in [6.45, 7) is 1.95. The van der Waals surface area contributed by atoms with E-state index in [9.17, 15) is 0 Å². The van der Waals surface area contributed by atoms with E-state index >= 15 is 0 Å². The van der Waals surface area contributed by atoms with Crippen molar-refractivity contribution in [2.75, 3.05) is 0 Å². The van der Waals surface area contributed by atoms with Crippen LogP contribution in [0.15, 0.2) is 48.5 Å². The number of rotatable bonds is 3. The number of hydrogen-bond acceptors (Lipinski definition) is 2. The van der Waals surface area contributed by atoms with Crippen molar-refractivity contribution in [3.8, 4) is 11.5 Å². The Hall–Kier alpha value is -1.51. The first-order valence-corrected chi connectivity index (χ1v) is 5.82. The second kappa shape index (κ2) is 5.21. The van der Waals surface area contributed by atoms with Crippen molar-refractivity contribution in [1.82, 2.24) is 0 Å². The molecular weight excluding hydrogens is 234 g/mol. The molecule has 2 aromatic rings. The second-order valence-electron chi connectivity index (χ2n) is 3.92. The highest BCUT2D eigenvalue weighted by Gasteiger charge is 2.01. The van der Waals surface area contributed by atoms with Gasteiger partial charge in [0.25, 0.3) is 0 Å². The molecule has 0 bridgehead atoms. The molecule has 2 aromatic carbocycles. The second-order valence-corrected chi connectivity index (χ2v) is 4.35. The minimum atomic E-state index is 0.0372. The molecule has 2 nitrogen and oxygen atoms in total. The van der Waals surface area contributed by atoms with Crippen LogP contribution in [-0.4, -0.2) is 0 Å². The van der Waals surface area contributed by atoms with Crippen molar-refractivity contribution < 1.29 is 4.74 Å². The van der Waals surface area contributed by atoms with E-state index in [4.69, 9.17) is 22.1 Å². The fourth-order valence-corrected chi connectivity index (χ4v) is 1.69. The van der Waals surface area contributed by atoms with E-state index in [1.165, 1.54) is 0 Å². The lowest BCUT2D eigenvalue weighted by Gasteiger charge is -2.08. The van der Waals surface area contributed by atoms with E-state index in [0.717, 1.165) is 17.1 Å². The molecule has 2 rings (SSSR count). The predicted molar refractivity (Wildman–Crippen MR) is 70.6 cm³/mol. The summed E-state index contributed by atoms with van der Waals surface area (Å²) in [6, 6.07) is 15.1. The fraction of sp³-hybridized carbons (Fsp3) is 0.143. The van der Waals surface area contributed by atoms with E-state index in [1.54, 1.807) is 6.07 Å². The van der Waals surface area contributed by atoms with Gasteiger partial charge in [-0.25, -0.2) is 0 Å². The van der Waals surface area contributed by atoms with Crippen molar-refractivity contribution >= 4 is 11.6 Å². The van der Waals surface area contributed by atoms with Gasteiger partial charge in [0, 0.05) is 11.1 Å². The molecule has 3 heteroatoms. The molecule has 0 fully saturated rings. The monoisotopic (exact) mass is 247 g/mol. The Morgan fingerprint density at radius 1 is 1.06 bits per heavy atom. The molecule has 0 heterocycles. The summed E-state index contributed by atoms with van der Waals surface area (Å²) < 4.78 is 5.67. The van der Waals surface area contributed by atoms with Gasteiger partial charge in [0.15, 0.2) is 0 Å². The molecular formula is C14H14ClNO. The molecule has 17 heavy (non-hydrogen) atoms. The normalized spacial score (nSPS) is 12.2. The molecule has 0 unspecified atom stereocenters. The third-order valence-corrected chi connectivity index (χ3v) is 2.67. The van der Waals surface area contributed by atoms with Crippen LogP contribution in [-0.2, 0) is 0 Å². The largest absolute Gasteiger partial charge is 0.457 e. The lowest BCUT2D eigenvalue weighted by atomic mass is 10.1. The van der Waals surface area contributed by atoms with Gasteiger partial charge in [0.1, 0.15) is 11.5 Å². The molecule has 2 N–H and O–H groups in total. The first-order chi connectivity index (χ1) is 8.15. The lowest BCUT2D eigenvalue weighted by molar-refractivity contribution is 0.482. The highest BCUT2D eigenvalue weighted by Crippen LogP contribution is 2.25. The molecule has 0 aliphatic carbocycles. The highest BCUT2D eigenvalue weighted by molar-refractivity contribution is 6.30. The lowest BCUT2D eigenvalue weighted by Crippen LogP contribution is -2.04. The molecule has 0 amide bonds. The molecule has 0 saturated carbocycles. The molecule has 1 atom stereocenters. The molecule has 0 aromatic heterocycles. The van der Waals surface area contributed by atoms with Crippen molar-refractivity contribution in [3.63, 3.8) is 0 Å². The predicted octanol–water partition coefficient (Wildman–Crippen LogP) is 4.15. The maximum Gasteiger partial charge on any atom is 0.128 e. The Morgan fingerprint density at radius 3 is 2.35 bits per heavy atom. The molecule has 88 valence electrons. The van der Waals surface area contributed by atoms with Gasteiger partial charge in [-0.2, -0.15) is 0 Å². The SMILES string of the molecule is C[C@@H](N)c1ccc(Oc2cccc(Cl)c2)cc1. The smallest absolute Gasteiger partial charge is 0.128 e. The number of nitrogens with two attached hydrogens (primary N) is 1. The highest BCUT2D eigenvalue weighted by atomic mass is 35.5. The maximum atomic E-state index is 5.88. The van der Waals surface area contributed by atoms with E-state index in [1.807, 2.05) is 49.4 Å². The third-order valence-electron chi connectivity index (χ3n) is 2.44. The standard InChI is InChI=1S/C14H14ClNO/c1-10(16)11-5-7-13(8-6-11)17-14-4-2-3-12(15)9-14/h2-10H,16H2,1H3/t10-/m1/s1. The average Bonchev–Trinajstić information content (AvgIpc) is 2.29. The van der Waals surface area contributed by atoms with Crippen LogP contribution in [0.1, 0.15) is 18.5 Å². The van der Waals surface area contributed by atoms with Crippen LogP contribution < -0.4 is 10.5 Å². The van der Waals surface area contributed by atoms with Crippen LogP contribution in [0.25, 0.3) is 0 Å². The molecule has 0 spiro atoms. The summed E-state index contributed by atoms with van der Waals surface area (Å²) in [4.78, 5) is 0. The van der Waals surface area contributed by atoms with Crippen LogP contribution in [0.4, 0.5) is 0 Å². The minimum Gasteiger partial charge on any atom is -0.457 e. The van der Waals surface area contributed by atoms with Gasteiger partial charge >= 0.3 is 0 Å². The van der Waals surface area contributed by atoms with E-state index < -0.39 is 0 Å². The van der Waals surface area contributed by atoms with Gasteiger partial charge in [0.2, 0.25) is 0 Å². The van der Waals surface area contributed by atoms with E-state index in [0.29, 0.717) is 5.02 Å². The average molecular weight is 248 g/mol. The summed E-state index contributed by atoms with van der Waals surface area (Å²) in [6.07, 6.45) is 0. The number of hydrogen-bond donors (Lipinski definition) is 1. The zero-order valence-electron chi connectivity index (χ0n) is 9.56. The number of ether oxygens (including phenoxy) is 1. The Morgan fingerprint density at radius 2 is 1.76 bits per heavy atom. The molecule has 0 saturated heterocycles. The van der Waals surface area contributed by atoms with E-state index in [-0.39, 0.29) is 6.04 Å². The fourth-order valence-electron chi connectivity index (χ4n) is 1.51. The van der Waals surface area contributed by atoms with Gasteiger partial charge in [-0.05, 0) is 42.8 Å². The van der Waals surface area contributed by atoms with Gasteiger partial charge < -0.3 is 10.5 Å². The van der Waals surface area contributed by atoms with Crippen molar-refractivity contribution in [2.24, 2.45) is 5.73 Å². The molecule has 0 aliphatic heterocycles. The summed E-state index contributed by atoms with van der Waals surface area (Å²) in [7, 11) is 0. The Labute approximate surface area is 106 Å². The molecule has 0 radical (unpaired) electrons. The number of halogens is 1.